The monoisotopic (exact) mass is 402 g/mol. The van der Waals surface area contributed by atoms with Gasteiger partial charge < -0.3 is 9.47 Å². The number of esters is 1. The van der Waals surface area contributed by atoms with E-state index in [9.17, 15) is 9.59 Å². The number of carbonyl (C=O) groups excluding carboxylic acids is 2. The number of aromatic nitrogens is 1. The predicted octanol–water partition coefficient (Wildman–Crippen LogP) is 3.19. The molecule has 0 aliphatic carbocycles. The molecule has 0 bridgehead atoms. The van der Waals surface area contributed by atoms with Crippen LogP contribution in [0.15, 0.2) is 41.3 Å². The van der Waals surface area contributed by atoms with Crippen molar-refractivity contribution in [3.05, 3.63) is 58.3 Å². The number of rotatable bonds is 5. The van der Waals surface area contributed by atoms with E-state index in [1.165, 1.54) is 23.9 Å². The largest absolute Gasteiger partial charge is 0.482 e. The summed E-state index contributed by atoms with van der Waals surface area (Å²) >= 11 is 6.68. The highest BCUT2D eigenvalue weighted by molar-refractivity contribution is 8.27. The average Bonchev–Trinajstić information content (AvgIpc) is 3.12. The maximum absolute atomic E-state index is 12.9. The highest BCUT2D eigenvalue weighted by Gasteiger charge is 2.34. The fourth-order valence-corrected chi connectivity index (χ4v) is 3.86. The first-order chi connectivity index (χ1) is 12.9. The smallest absolute Gasteiger partial charge is 0.343 e. The number of ether oxygens (including phenoxy) is 2. The van der Waals surface area contributed by atoms with E-state index >= 15 is 0 Å². The highest BCUT2D eigenvalue weighted by atomic mass is 32.2. The summed E-state index contributed by atoms with van der Waals surface area (Å²) in [5.74, 6) is -0.0551. The second kappa shape index (κ2) is 7.98. The molecule has 0 radical (unpaired) electrons. The lowest BCUT2D eigenvalue weighted by Gasteiger charge is -2.20. The van der Waals surface area contributed by atoms with Crippen LogP contribution in [0.3, 0.4) is 0 Å². The number of thiocarbonyl (C=S) groups is 1. The molecule has 27 heavy (non-hydrogen) atoms. The molecule has 0 atom stereocenters. The van der Waals surface area contributed by atoms with Crippen molar-refractivity contribution in [1.82, 2.24) is 4.68 Å². The van der Waals surface area contributed by atoms with Crippen molar-refractivity contribution in [2.75, 3.05) is 18.7 Å². The first-order valence-corrected chi connectivity index (χ1v) is 9.36. The Hall–Kier alpha value is -2.58. The molecule has 0 unspecified atom stereocenters. The third-order valence-electron chi connectivity index (χ3n) is 3.97. The number of thioether (sulfide) groups is 1. The lowest BCUT2D eigenvalue weighted by molar-refractivity contribution is -0.142. The Morgan fingerprint density at radius 1 is 1.15 bits per heavy atom. The first-order valence-electron chi connectivity index (χ1n) is 8.13. The topological polar surface area (TPSA) is 60.8 Å². The summed E-state index contributed by atoms with van der Waals surface area (Å²) in [6.07, 6.45) is 1.79. The fourth-order valence-electron chi connectivity index (χ4n) is 2.62. The van der Waals surface area contributed by atoms with Crippen molar-refractivity contribution in [3.63, 3.8) is 0 Å². The second-order valence-electron chi connectivity index (χ2n) is 5.86. The van der Waals surface area contributed by atoms with E-state index in [2.05, 4.69) is 4.74 Å². The molecular formula is C19H18N2O4S2. The minimum Gasteiger partial charge on any atom is -0.482 e. The average molecular weight is 402 g/mol. The van der Waals surface area contributed by atoms with Crippen molar-refractivity contribution in [2.45, 2.75) is 13.8 Å². The Balaban J connectivity index is 1.77. The number of benzene rings is 1. The summed E-state index contributed by atoms with van der Waals surface area (Å²) in [5, 5.41) is 1.52. The lowest BCUT2D eigenvalue weighted by Crippen LogP contribution is -2.39. The Labute approximate surface area is 166 Å². The van der Waals surface area contributed by atoms with Crippen LogP contribution < -0.4 is 9.75 Å². The molecule has 140 valence electrons. The van der Waals surface area contributed by atoms with Crippen molar-refractivity contribution in [3.8, 4) is 5.75 Å². The van der Waals surface area contributed by atoms with Crippen molar-refractivity contribution < 1.29 is 19.1 Å². The van der Waals surface area contributed by atoms with E-state index < -0.39 is 5.97 Å². The van der Waals surface area contributed by atoms with Gasteiger partial charge in [0.25, 0.3) is 5.91 Å². The van der Waals surface area contributed by atoms with Crippen LogP contribution in [0.1, 0.15) is 17.0 Å². The van der Waals surface area contributed by atoms with Crippen molar-refractivity contribution >= 4 is 46.3 Å². The normalized spacial score (nSPS) is 15.5. The van der Waals surface area contributed by atoms with Crippen LogP contribution in [0, 0.1) is 13.8 Å². The third-order valence-corrected chi connectivity index (χ3v) is 5.25. The standard InChI is InChI=1S/C19H18N2O4S2/c1-12-4-5-13(2)20(12)21-18(23)16(27-19(21)26)10-14-6-8-15(9-7-14)25-11-17(22)24-3/h4-10H,11H2,1-3H3/b16-10-. The molecule has 1 aromatic heterocycles. The van der Waals surface area contributed by atoms with Gasteiger partial charge in [0.2, 0.25) is 0 Å². The summed E-state index contributed by atoms with van der Waals surface area (Å²) in [6, 6.07) is 11.0. The molecule has 0 N–H and O–H groups in total. The van der Waals surface area contributed by atoms with Crippen molar-refractivity contribution in [2.24, 2.45) is 0 Å². The van der Waals surface area contributed by atoms with Gasteiger partial charge in [-0.05, 0) is 62.0 Å². The quantitative estimate of drug-likeness (QED) is 0.435. The van der Waals surface area contributed by atoms with Crippen LogP contribution in [-0.4, -0.2) is 34.6 Å². The molecular weight excluding hydrogens is 384 g/mol. The maximum atomic E-state index is 12.9. The Morgan fingerprint density at radius 2 is 1.78 bits per heavy atom. The molecule has 2 aromatic rings. The van der Waals surface area contributed by atoms with Gasteiger partial charge in [-0.1, -0.05) is 23.9 Å². The number of aryl methyl sites for hydroxylation is 2. The van der Waals surface area contributed by atoms with Crippen LogP contribution in [-0.2, 0) is 14.3 Å². The van der Waals surface area contributed by atoms with Gasteiger partial charge in [-0.3, -0.25) is 9.47 Å². The number of hydrogen-bond acceptors (Lipinski definition) is 6. The van der Waals surface area contributed by atoms with Crippen LogP contribution in [0.5, 0.6) is 5.75 Å². The molecule has 1 aliphatic rings. The molecule has 1 fully saturated rings. The number of carbonyl (C=O) groups is 2. The molecule has 3 rings (SSSR count). The molecule has 1 aliphatic heterocycles. The van der Waals surface area contributed by atoms with Gasteiger partial charge in [-0.25, -0.2) is 4.79 Å². The van der Waals surface area contributed by atoms with Crippen LogP contribution in [0.4, 0.5) is 0 Å². The van der Waals surface area contributed by atoms with Gasteiger partial charge in [0.15, 0.2) is 10.9 Å². The van der Waals surface area contributed by atoms with Gasteiger partial charge >= 0.3 is 5.97 Å². The second-order valence-corrected chi connectivity index (χ2v) is 7.53. The molecule has 1 amide bonds. The van der Waals surface area contributed by atoms with E-state index in [4.69, 9.17) is 17.0 Å². The summed E-state index contributed by atoms with van der Waals surface area (Å²) in [5.41, 5.74) is 2.72. The Bertz CT molecular complexity index is 912. The first kappa shape index (κ1) is 19.2. The van der Waals surface area contributed by atoms with Crippen molar-refractivity contribution in [1.29, 1.82) is 0 Å². The van der Waals surface area contributed by atoms with E-state index in [0.29, 0.717) is 15.0 Å². The molecule has 0 saturated carbocycles. The van der Waals surface area contributed by atoms with Crippen LogP contribution in [0.25, 0.3) is 6.08 Å². The van der Waals surface area contributed by atoms with Gasteiger partial charge in [0.05, 0.1) is 12.0 Å². The fraction of sp³-hybridized carbons (Fsp3) is 0.211. The summed E-state index contributed by atoms with van der Waals surface area (Å²) in [6.45, 7) is 3.72. The highest BCUT2D eigenvalue weighted by Crippen LogP contribution is 2.33. The summed E-state index contributed by atoms with van der Waals surface area (Å²) in [4.78, 5) is 24.5. The van der Waals surface area contributed by atoms with Crippen LogP contribution >= 0.6 is 24.0 Å². The molecule has 0 spiro atoms. The zero-order chi connectivity index (χ0) is 19.6. The molecule has 1 aromatic carbocycles. The molecule has 1 saturated heterocycles. The van der Waals surface area contributed by atoms with Gasteiger partial charge in [-0.15, -0.1) is 0 Å². The lowest BCUT2D eigenvalue weighted by atomic mass is 10.2. The minimum absolute atomic E-state index is 0.149. The van der Waals surface area contributed by atoms with Gasteiger partial charge in [0.1, 0.15) is 5.75 Å². The van der Waals surface area contributed by atoms with E-state index in [1.54, 1.807) is 18.2 Å². The van der Waals surface area contributed by atoms with Crippen LogP contribution in [0.2, 0.25) is 0 Å². The zero-order valence-electron chi connectivity index (χ0n) is 15.1. The van der Waals surface area contributed by atoms with E-state index in [1.807, 2.05) is 42.8 Å². The van der Waals surface area contributed by atoms with Gasteiger partial charge in [-0.2, -0.15) is 5.01 Å². The summed E-state index contributed by atoms with van der Waals surface area (Å²) < 4.78 is 12.2. The molecule has 6 nitrogen and oxygen atoms in total. The Kier molecular flexibility index (Phi) is 5.67. The predicted molar refractivity (Wildman–Crippen MR) is 109 cm³/mol. The summed E-state index contributed by atoms with van der Waals surface area (Å²) in [7, 11) is 1.31. The SMILES string of the molecule is COC(=O)COc1ccc(/C=C2\SC(=S)N(n3c(C)ccc3C)C2=O)cc1. The number of methoxy groups -OCH3 is 1. The van der Waals surface area contributed by atoms with E-state index in [-0.39, 0.29) is 12.5 Å². The Morgan fingerprint density at radius 3 is 2.37 bits per heavy atom. The van der Waals surface area contributed by atoms with E-state index in [0.717, 1.165) is 17.0 Å². The number of nitrogens with zero attached hydrogens (tertiary/aromatic N) is 2. The van der Waals surface area contributed by atoms with Gasteiger partial charge in [0, 0.05) is 11.4 Å². The zero-order valence-corrected chi connectivity index (χ0v) is 16.7. The third kappa shape index (κ3) is 4.06. The number of amides is 1. The number of hydrogen-bond donors (Lipinski definition) is 0. The molecule has 2 heterocycles. The maximum Gasteiger partial charge on any atom is 0.343 e. The minimum atomic E-state index is -0.446. The molecule has 8 heteroatoms.